The summed E-state index contributed by atoms with van der Waals surface area (Å²) in [5.41, 5.74) is 1.01. The molecule has 1 N–H and O–H groups in total. The van der Waals surface area contributed by atoms with E-state index in [0.29, 0.717) is 31.3 Å². The Bertz CT molecular complexity index is 767. The molecule has 0 saturated carbocycles. The number of aliphatic imine (C=N–C) groups is 1. The number of hydrogen-bond donors (Lipinski definition) is 1. The number of furan rings is 1. The van der Waals surface area contributed by atoms with Crippen LogP contribution in [0.4, 0.5) is 0 Å². The molecule has 1 saturated heterocycles. The fourth-order valence-electron chi connectivity index (χ4n) is 2.92. The van der Waals surface area contributed by atoms with Gasteiger partial charge in [-0.3, -0.25) is 4.79 Å². The number of carbonyl (C=O) groups is 1. The maximum atomic E-state index is 12.4. The fraction of sp³-hybridized carbons (Fsp3) is 0.526. The van der Waals surface area contributed by atoms with Gasteiger partial charge in [0.2, 0.25) is 0 Å². The van der Waals surface area contributed by atoms with E-state index in [2.05, 4.69) is 41.4 Å². The second-order valence-corrected chi connectivity index (χ2v) is 7.65. The Labute approximate surface area is 187 Å². The third-order valence-corrected chi connectivity index (χ3v) is 5.58. The molecule has 3 heterocycles. The minimum absolute atomic E-state index is 0. The highest BCUT2D eigenvalue weighted by Crippen LogP contribution is 2.19. The highest BCUT2D eigenvalue weighted by Gasteiger charge is 2.25. The molecule has 1 aliphatic rings. The number of amides is 1. The number of piperazine rings is 1. The quantitative estimate of drug-likeness (QED) is 0.374. The predicted molar refractivity (Wildman–Crippen MR) is 123 cm³/mol. The highest BCUT2D eigenvalue weighted by molar-refractivity contribution is 14.0. The van der Waals surface area contributed by atoms with Crippen molar-refractivity contribution in [1.82, 2.24) is 20.1 Å². The molecule has 28 heavy (non-hydrogen) atoms. The van der Waals surface area contributed by atoms with Crippen LogP contribution in [0.1, 0.15) is 47.9 Å². The summed E-state index contributed by atoms with van der Waals surface area (Å²) in [5.74, 6) is 1.67. The van der Waals surface area contributed by atoms with E-state index >= 15 is 0 Å². The summed E-state index contributed by atoms with van der Waals surface area (Å²) in [4.78, 5) is 25.8. The van der Waals surface area contributed by atoms with Crippen molar-refractivity contribution in [2.45, 2.75) is 33.2 Å². The molecule has 2 aromatic heterocycles. The summed E-state index contributed by atoms with van der Waals surface area (Å²) in [6, 6.07) is 3.45. The fourth-order valence-corrected chi connectivity index (χ4v) is 3.75. The Morgan fingerprint density at radius 2 is 2.04 bits per heavy atom. The van der Waals surface area contributed by atoms with Crippen LogP contribution in [-0.2, 0) is 6.54 Å². The van der Waals surface area contributed by atoms with E-state index in [9.17, 15) is 4.79 Å². The molecule has 1 aliphatic heterocycles. The van der Waals surface area contributed by atoms with E-state index < -0.39 is 0 Å². The van der Waals surface area contributed by atoms with Crippen LogP contribution in [0.15, 0.2) is 33.2 Å². The van der Waals surface area contributed by atoms with E-state index in [1.54, 1.807) is 23.5 Å². The lowest BCUT2D eigenvalue weighted by Gasteiger charge is -2.36. The van der Waals surface area contributed by atoms with Crippen molar-refractivity contribution in [1.29, 1.82) is 0 Å². The van der Waals surface area contributed by atoms with Gasteiger partial charge < -0.3 is 19.5 Å². The topological polar surface area (TPSA) is 74.0 Å². The predicted octanol–water partition coefficient (Wildman–Crippen LogP) is 3.40. The lowest BCUT2D eigenvalue weighted by molar-refractivity contribution is 0.0657. The zero-order valence-electron chi connectivity index (χ0n) is 16.6. The number of hydrogen-bond acceptors (Lipinski definition) is 5. The first kappa shape index (κ1) is 22.7. The van der Waals surface area contributed by atoms with E-state index in [0.717, 1.165) is 36.3 Å². The number of carbonyl (C=O) groups excluding carboxylic acids is 1. The van der Waals surface area contributed by atoms with Gasteiger partial charge in [0, 0.05) is 44.0 Å². The molecule has 0 spiro atoms. The minimum Gasteiger partial charge on any atom is -0.459 e. The van der Waals surface area contributed by atoms with Gasteiger partial charge >= 0.3 is 0 Å². The largest absolute Gasteiger partial charge is 0.459 e. The first-order valence-corrected chi connectivity index (χ1v) is 10.3. The number of aromatic nitrogens is 1. The van der Waals surface area contributed by atoms with Gasteiger partial charge in [-0.05, 0) is 19.1 Å². The molecule has 0 radical (unpaired) electrons. The van der Waals surface area contributed by atoms with Crippen LogP contribution in [0.5, 0.6) is 0 Å². The van der Waals surface area contributed by atoms with Crippen LogP contribution in [0.25, 0.3) is 0 Å². The number of rotatable bonds is 5. The number of thiazole rings is 1. The average molecular weight is 517 g/mol. The smallest absolute Gasteiger partial charge is 0.289 e. The molecule has 0 unspecified atom stereocenters. The zero-order chi connectivity index (χ0) is 19.2. The molecule has 7 nitrogen and oxygen atoms in total. The summed E-state index contributed by atoms with van der Waals surface area (Å²) in [5, 5.41) is 6.59. The maximum absolute atomic E-state index is 12.4. The lowest BCUT2D eigenvalue weighted by Crippen LogP contribution is -2.53. The van der Waals surface area contributed by atoms with Crippen molar-refractivity contribution in [3.63, 3.8) is 0 Å². The van der Waals surface area contributed by atoms with Crippen molar-refractivity contribution in [3.8, 4) is 0 Å². The molecule has 0 aromatic carbocycles. The molecule has 0 bridgehead atoms. The first-order chi connectivity index (χ1) is 13.1. The van der Waals surface area contributed by atoms with Crippen molar-refractivity contribution < 1.29 is 9.21 Å². The molecular weight excluding hydrogens is 489 g/mol. The maximum Gasteiger partial charge on any atom is 0.289 e. The summed E-state index contributed by atoms with van der Waals surface area (Å²) in [7, 11) is 0. The SMILES string of the molecule is CCNC(=NCc1csc(C(C)C)n1)N1CCN(C(=O)c2ccco2)CC1.I. The summed E-state index contributed by atoms with van der Waals surface area (Å²) in [6.45, 7) is 10.5. The van der Waals surface area contributed by atoms with Gasteiger partial charge in [0.05, 0.1) is 23.5 Å². The molecule has 0 aliphatic carbocycles. The van der Waals surface area contributed by atoms with Crippen LogP contribution in [-0.4, -0.2) is 59.4 Å². The van der Waals surface area contributed by atoms with Gasteiger partial charge in [-0.15, -0.1) is 35.3 Å². The normalized spacial score (nSPS) is 14.9. The molecule has 1 fully saturated rings. The molecule has 0 atom stereocenters. The van der Waals surface area contributed by atoms with E-state index in [4.69, 9.17) is 9.41 Å². The minimum atomic E-state index is -0.0507. The van der Waals surface area contributed by atoms with Crippen molar-refractivity contribution in [2.24, 2.45) is 4.99 Å². The van der Waals surface area contributed by atoms with E-state index in [1.165, 1.54) is 6.26 Å². The van der Waals surface area contributed by atoms with Gasteiger partial charge in [0.1, 0.15) is 0 Å². The summed E-state index contributed by atoms with van der Waals surface area (Å²) < 4.78 is 5.22. The Balaban J connectivity index is 0.00000280. The Kier molecular flexibility index (Phi) is 8.74. The molecule has 3 rings (SSSR count). The lowest BCUT2D eigenvalue weighted by atomic mass is 10.2. The van der Waals surface area contributed by atoms with Crippen molar-refractivity contribution in [3.05, 3.63) is 40.2 Å². The average Bonchev–Trinajstić information content (AvgIpc) is 3.36. The number of nitrogens with zero attached hydrogens (tertiary/aromatic N) is 4. The highest BCUT2D eigenvalue weighted by atomic mass is 127. The number of halogens is 1. The van der Waals surface area contributed by atoms with Gasteiger partial charge in [-0.2, -0.15) is 0 Å². The second-order valence-electron chi connectivity index (χ2n) is 6.76. The molecule has 2 aromatic rings. The van der Waals surface area contributed by atoms with Crippen LogP contribution in [0, 0.1) is 0 Å². The Morgan fingerprint density at radius 1 is 1.32 bits per heavy atom. The first-order valence-electron chi connectivity index (χ1n) is 9.38. The van der Waals surface area contributed by atoms with Crippen LogP contribution in [0.3, 0.4) is 0 Å². The van der Waals surface area contributed by atoms with Crippen LogP contribution >= 0.6 is 35.3 Å². The van der Waals surface area contributed by atoms with Crippen LogP contribution in [0.2, 0.25) is 0 Å². The van der Waals surface area contributed by atoms with Gasteiger partial charge in [0.25, 0.3) is 5.91 Å². The van der Waals surface area contributed by atoms with Gasteiger partial charge in [-0.25, -0.2) is 9.98 Å². The summed E-state index contributed by atoms with van der Waals surface area (Å²) >= 11 is 1.69. The van der Waals surface area contributed by atoms with Crippen molar-refractivity contribution >= 4 is 47.2 Å². The van der Waals surface area contributed by atoms with Gasteiger partial charge in [0.15, 0.2) is 11.7 Å². The summed E-state index contributed by atoms with van der Waals surface area (Å²) in [6.07, 6.45) is 1.53. The third-order valence-electron chi connectivity index (χ3n) is 4.39. The van der Waals surface area contributed by atoms with Gasteiger partial charge in [-0.1, -0.05) is 13.8 Å². The molecule has 154 valence electrons. The van der Waals surface area contributed by atoms with E-state index in [-0.39, 0.29) is 29.9 Å². The third kappa shape index (κ3) is 5.69. The van der Waals surface area contributed by atoms with Crippen molar-refractivity contribution in [2.75, 3.05) is 32.7 Å². The molecular formula is C19H28IN5O2S. The van der Waals surface area contributed by atoms with Crippen LogP contribution < -0.4 is 5.32 Å². The standard InChI is InChI=1S/C19H27N5O2S.HI/c1-4-20-19(21-12-15-13-27-17(22-15)14(2)3)24-9-7-23(8-10-24)18(25)16-6-5-11-26-16;/h5-6,11,13-14H,4,7-10,12H2,1-3H3,(H,20,21);1H. The zero-order valence-corrected chi connectivity index (χ0v) is 19.7. The Hall–Kier alpha value is -1.62. The Morgan fingerprint density at radius 3 is 2.61 bits per heavy atom. The monoisotopic (exact) mass is 517 g/mol. The number of guanidine groups is 1. The molecule has 1 amide bonds. The molecule has 9 heteroatoms. The number of nitrogens with one attached hydrogen (secondary N) is 1. The van der Waals surface area contributed by atoms with E-state index in [1.807, 2.05) is 4.90 Å². The second kappa shape index (κ2) is 10.8.